The van der Waals surface area contributed by atoms with Gasteiger partial charge in [-0.25, -0.2) is 14.2 Å². The molecule has 1 aromatic heterocycles. The molecule has 23 heteroatoms. The van der Waals surface area contributed by atoms with Crippen molar-refractivity contribution >= 4 is 46.3 Å². The Morgan fingerprint density at radius 3 is 2.26 bits per heavy atom. The maximum absolute atomic E-state index is 13.4. The largest absolute Gasteiger partial charge is 0.490 e. The smallest absolute Gasteiger partial charge is 0.481 e. The third-order valence-electron chi connectivity index (χ3n) is 6.26. The molecule has 1 aliphatic heterocycles. The summed E-state index contributed by atoms with van der Waals surface area (Å²) in [6, 6.07) is 2.80. The van der Waals surface area contributed by atoms with Crippen molar-refractivity contribution in [1.82, 2.24) is 26.1 Å². The Morgan fingerprint density at radius 1 is 1.02 bits per heavy atom. The maximum Gasteiger partial charge on any atom is 0.490 e. The van der Waals surface area contributed by atoms with Crippen LogP contribution in [0.25, 0.3) is 10.9 Å². The number of carboxylic acid groups (broad SMARTS) is 2. The average molecular weight is 730 g/mol. The molecule has 0 spiro atoms. The van der Waals surface area contributed by atoms with Crippen LogP contribution in [0.5, 0.6) is 5.75 Å². The quantitative estimate of drug-likeness (QED) is 0.151. The van der Waals surface area contributed by atoms with E-state index >= 15 is 0 Å². The predicted octanol–water partition coefficient (Wildman–Crippen LogP) is 3.59. The number of aromatic amines is 1. The number of aliphatic carboxylic acids is 2. The van der Waals surface area contributed by atoms with Crippen LogP contribution in [0.2, 0.25) is 0 Å². The summed E-state index contributed by atoms with van der Waals surface area (Å²) >= 11 is 0. The number of hydrogen-bond donors (Lipinski definition) is 7. The third kappa shape index (κ3) is 11.4. The molecular weight excluding hydrogens is 705 g/mol. The molecule has 2 heterocycles. The number of benzene rings is 2. The van der Waals surface area contributed by atoms with Crippen LogP contribution in [0.1, 0.15) is 33.9 Å². The molecule has 3 aromatic rings. The lowest BCUT2D eigenvalue weighted by Crippen LogP contribution is -2.41. The predicted molar refractivity (Wildman–Crippen MR) is 152 cm³/mol. The summed E-state index contributed by atoms with van der Waals surface area (Å²) in [7, 11) is 0. The highest BCUT2D eigenvalue weighted by atomic mass is 19.4. The van der Waals surface area contributed by atoms with Gasteiger partial charge in [-0.2, -0.15) is 40.2 Å². The molecule has 1 aliphatic rings. The summed E-state index contributed by atoms with van der Waals surface area (Å²) in [5.41, 5.74) is -1.03. The van der Waals surface area contributed by atoms with Gasteiger partial charge in [0.2, 0.25) is 5.91 Å². The Labute approximate surface area is 273 Å². The molecule has 2 atom stereocenters. The molecule has 0 saturated heterocycles. The Morgan fingerprint density at radius 2 is 1.70 bits per heavy atom. The molecule has 0 bridgehead atoms. The van der Waals surface area contributed by atoms with E-state index in [0.29, 0.717) is 28.7 Å². The van der Waals surface area contributed by atoms with E-state index in [0.717, 1.165) is 6.07 Å². The molecule has 50 heavy (non-hydrogen) atoms. The van der Waals surface area contributed by atoms with Gasteiger partial charge in [0.1, 0.15) is 11.9 Å². The van der Waals surface area contributed by atoms with Crippen LogP contribution in [0, 0.1) is 0 Å². The number of carbonyl (C=O) groups is 4. The number of H-pyrrole nitrogens is 1. The Hall–Kier alpha value is -5.77. The number of nitrogens with zero attached hydrogens (tertiary/aromatic N) is 2. The van der Waals surface area contributed by atoms with Crippen LogP contribution in [-0.4, -0.2) is 88.7 Å². The number of aliphatic imine (C=N–C) groups is 1. The van der Waals surface area contributed by atoms with Crippen molar-refractivity contribution in [2.75, 3.05) is 25.0 Å². The number of hydrogen-bond acceptors (Lipinski definition) is 9. The first-order valence-corrected chi connectivity index (χ1v) is 13.7. The molecule has 0 radical (unpaired) electrons. The SMILES string of the molecule is O=C(O)C(F)(F)F.O=C(O)CC(NC(=O)CNC(=O)c1cc(NC2=NCC(F)CN2)c2cn[nH]c2c1)c1cc(OC(F)F)cc(C(F)(F)F)c1. The lowest BCUT2D eigenvalue weighted by Gasteiger charge is -2.20. The van der Waals surface area contributed by atoms with Crippen molar-refractivity contribution in [1.29, 1.82) is 0 Å². The van der Waals surface area contributed by atoms with E-state index in [1.165, 1.54) is 18.3 Å². The molecule has 2 amide bonds. The highest BCUT2D eigenvalue weighted by Crippen LogP contribution is 2.35. The first-order chi connectivity index (χ1) is 23.2. The number of nitrogens with one attached hydrogen (secondary N) is 5. The van der Waals surface area contributed by atoms with Gasteiger partial charge in [0, 0.05) is 10.9 Å². The van der Waals surface area contributed by atoms with Gasteiger partial charge >= 0.3 is 30.9 Å². The topological polar surface area (TPSA) is 207 Å². The van der Waals surface area contributed by atoms with Crippen molar-refractivity contribution in [2.45, 2.75) is 37.6 Å². The van der Waals surface area contributed by atoms with Crippen molar-refractivity contribution in [3.8, 4) is 5.75 Å². The fourth-order valence-corrected chi connectivity index (χ4v) is 4.11. The van der Waals surface area contributed by atoms with Crippen LogP contribution in [0.3, 0.4) is 0 Å². The third-order valence-corrected chi connectivity index (χ3v) is 6.26. The van der Waals surface area contributed by atoms with E-state index in [4.69, 9.17) is 9.90 Å². The standard InChI is InChI=1S/C25H23F6N7O5.C2HF3O2/c26-14-7-33-24(34-8-14)37-18-3-12(4-19-16(18)9-35-38-19)22(42)32-10-20(39)36-17(6-21(40)41)11-1-13(25(29,30)31)5-15(2-11)43-23(27)28;3-2(4,5)1(6)7/h1-5,9,14,17,23H,6-8,10H2,(H,32,42)(H,35,38)(H,36,39)(H,40,41)(H2,33,34,37);(H,6,7). The van der Waals surface area contributed by atoms with E-state index in [1.807, 2.05) is 0 Å². The molecular formula is C27H24F9N7O7. The van der Waals surface area contributed by atoms with Gasteiger partial charge < -0.3 is 36.2 Å². The van der Waals surface area contributed by atoms with Crippen LogP contribution in [-0.2, 0) is 20.6 Å². The number of carbonyl (C=O) groups excluding carboxylic acids is 2. The van der Waals surface area contributed by atoms with E-state index in [2.05, 4.69) is 41.2 Å². The Balaban J connectivity index is 0.000000872. The normalized spacial score (nSPS) is 15.2. The zero-order valence-electron chi connectivity index (χ0n) is 24.8. The van der Waals surface area contributed by atoms with Crippen LogP contribution < -0.4 is 26.0 Å². The Kier molecular flexibility index (Phi) is 12.4. The summed E-state index contributed by atoms with van der Waals surface area (Å²) in [6.45, 7) is -4.24. The van der Waals surface area contributed by atoms with Gasteiger partial charge in [0.25, 0.3) is 5.91 Å². The zero-order valence-corrected chi connectivity index (χ0v) is 24.8. The molecule has 2 unspecified atom stereocenters. The average Bonchev–Trinajstić information content (AvgIpc) is 3.49. The molecule has 0 saturated carbocycles. The number of fused-ring (bicyclic) bond motifs is 1. The van der Waals surface area contributed by atoms with Crippen molar-refractivity contribution < 1.29 is 73.6 Å². The molecule has 4 rings (SSSR count). The van der Waals surface area contributed by atoms with Gasteiger partial charge in [-0.15, -0.1) is 0 Å². The number of aromatic nitrogens is 2. The summed E-state index contributed by atoms with van der Waals surface area (Å²) in [5.74, 6) is -6.67. The second-order valence-electron chi connectivity index (χ2n) is 10.0. The summed E-state index contributed by atoms with van der Waals surface area (Å²) in [5, 5.41) is 33.8. The molecule has 14 nitrogen and oxygen atoms in total. The van der Waals surface area contributed by atoms with Crippen molar-refractivity contribution in [3.63, 3.8) is 0 Å². The number of amides is 2. The second kappa shape index (κ2) is 16.1. The molecule has 2 aromatic carbocycles. The number of anilines is 1. The fraction of sp³-hybridized carbons (Fsp3) is 0.333. The minimum atomic E-state index is -5.08. The second-order valence-corrected chi connectivity index (χ2v) is 10.0. The van der Waals surface area contributed by atoms with Gasteiger partial charge in [0.05, 0.1) is 55.1 Å². The van der Waals surface area contributed by atoms with E-state index in [1.54, 1.807) is 0 Å². The van der Waals surface area contributed by atoms with Crippen molar-refractivity contribution in [3.05, 3.63) is 53.2 Å². The van der Waals surface area contributed by atoms with E-state index < -0.39 is 84.8 Å². The molecule has 0 fully saturated rings. The maximum atomic E-state index is 13.4. The number of rotatable bonds is 10. The lowest BCUT2D eigenvalue weighted by molar-refractivity contribution is -0.192. The summed E-state index contributed by atoms with van der Waals surface area (Å²) < 4.78 is 115. The highest BCUT2D eigenvalue weighted by molar-refractivity contribution is 6.07. The van der Waals surface area contributed by atoms with Crippen LogP contribution >= 0.6 is 0 Å². The Bertz CT molecular complexity index is 1750. The van der Waals surface area contributed by atoms with Crippen LogP contribution in [0.15, 0.2) is 41.5 Å². The summed E-state index contributed by atoms with van der Waals surface area (Å²) in [6.07, 6.45) is -10.7. The van der Waals surface area contributed by atoms with E-state index in [-0.39, 0.29) is 24.6 Å². The molecule has 272 valence electrons. The lowest BCUT2D eigenvalue weighted by atomic mass is 10.00. The first-order valence-electron chi connectivity index (χ1n) is 13.7. The zero-order chi connectivity index (χ0) is 37.4. The van der Waals surface area contributed by atoms with Crippen LogP contribution in [0.4, 0.5) is 45.2 Å². The molecule has 0 aliphatic carbocycles. The monoisotopic (exact) mass is 729 g/mol. The fourth-order valence-electron chi connectivity index (χ4n) is 4.11. The summed E-state index contributed by atoms with van der Waals surface area (Å²) in [4.78, 5) is 49.8. The van der Waals surface area contributed by atoms with Crippen molar-refractivity contribution in [2.24, 2.45) is 4.99 Å². The number of ether oxygens (including phenoxy) is 1. The van der Waals surface area contributed by atoms with Gasteiger partial charge in [0.15, 0.2) is 5.96 Å². The highest BCUT2D eigenvalue weighted by Gasteiger charge is 2.38. The van der Waals surface area contributed by atoms with Gasteiger partial charge in [-0.05, 0) is 35.9 Å². The van der Waals surface area contributed by atoms with Gasteiger partial charge in [-0.1, -0.05) is 0 Å². The minimum absolute atomic E-state index is 0.0274. The number of guanidine groups is 1. The number of alkyl halides is 9. The number of carboxylic acids is 2. The first kappa shape index (κ1) is 38.7. The molecule has 7 N–H and O–H groups in total. The number of halogens is 9. The van der Waals surface area contributed by atoms with Gasteiger partial charge in [-0.3, -0.25) is 19.5 Å². The van der Waals surface area contributed by atoms with E-state index in [9.17, 15) is 59.0 Å². The minimum Gasteiger partial charge on any atom is -0.481 e.